The Balaban J connectivity index is 1.13. The molecule has 27 heteroatoms. The Morgan fingerprint density at radius 3 is 2.06 bits per heavy atom. The minimum absolute atomic E-state index is 0.0189. The third-order valence-corrected chi connectivity index (χ3v) is 6.75. The summed E-state index contributed by atoms with van der Waals surface area (Å²) in [7, 11) is 0. The highest BCUT2D eigenvalue weighted by Crippen LogP contribution is 2.26. The summed E-state index contributed by atoms with van der Waals surface area (Å²) >= 11 is 0. The lowest BCUT2D eigenvalue weighted by Gasteiger charge is -2.44. The van der Waals surface area contributed by atoms with Crippen molar-refractivity contribution in [1.82, 2.24) is 30.7 Å². The lowest BCUT2D eigenvalue weighted by molar-refractivity contribution is 0.249. The zero-order valence-electron chi connectivity index (χ0n) is 25.3. The number of aliphatic imine (C=N–C) groups is 16. The second kappa shape index (κ2) is 10.2. The van der Waals surface area contributed by atoms with Crippen LogP contribution < -0.4 is 44.6 Å². The predicted molar refractivity (Wildman–Crippen MR) is 183 cm³/mol. The molecule has 0 saturated heterocycles. The number of fused-ring (bicyclic) bond motifs is 1. The number of nitrogens with one attached hydrogen (secondary N) is 3. The van der Waals surface area contributed by atoms with Gasteiger partial charge in [0.05, 0.1) is 6.54 Å². The minimum atomic E-state index is -1.10. The number of rotatable bonds is 1. The van der Waals surface area contributed by atoms with Gasteiger partial charge in [-0.3, -0.25) is 10.6 Å². The number of nitrogens with zero attached hydrogens (tertiary/aromatic N) is 19. The third kappa shape index (κ3) is 4.89. The molecule has 0 aromatic carbocycles. The normalized spacial score (nSPS) is 24.6. The maximum absolute atomic E-state index is 6.01. The average molecular weight is 666 g/mol. The summed E-state index contributed by atoms with van der Waals surface area (Å²) in [5.41, 5.74) is 28.9. The first-order valence-electron chi connectivity index (χ1n) is 13.9. The highest BCUT2D eigenvalue weighted by molar-refractivity contribution is 6.32. The van der Waals surface area contributed by atoms with Crippen molar-refractivity contribution in [2.45, 2.75) is 19.6 Å². The minimum Gasteiger partial charge on any atom is -0.370 e. The van der Waals surface area contributed by atoms with Crippen molar-refractivity contribution in [3.05, 3.63) is 12.4 Å². The largest absolute Gasteiger partial charge is 0.370 e. The van der Waals surface area contributed by atoms with Gasteiger partial charge in [0.2, 0.25) is 83.3 Å². The Bertz CT molecular complexity index is 2170. The Kier molecular flexibility index (Phi) is 6.02. The molecule has 0 saturated carbocycles. The van der Waals surface area contributed by atoms with E-state index in [4.69, 9.17) is 28.7 Å². The van der Waals surface area contributed by atoms with Gasteiger partial charge in [-0.05, 0) is 13.8 Å². The molecule has 8 aliphatic heterocycles. The van der Waals surface area contributed by atoms with Crippen LogP contribution in [0.5, 0.6) is 0 Å². The molecule has 246 valence electrons. The molecule has 8 rings (SSSR count). The van der Waals surface area contributed by atoms with Crippen LogP contribution in [0.1, 0.15) is 13.8 Å². The topological polar surface area (TPSA) is 374 Å². The van der Waals surface area contributed by atoms with E-state index in [1.807, 2.05) is 0 Å². The predicted octanol–water partition coefficient (Wildman–Crippen LogP) is -5.49. The van der Waals surface area contributed by atoms with Crippen LogP contribution in [-0.4, -0.2) is 122 Å². The van der Waals surface area contributed by atoms with Crippen LogP contribution in [0.15, 0.2) is 92.3 Å². The maximum Gasteiger partial charge on any atom is 0.246 e. The summed E-state index contributed by atoms with van der Waals surface area (Å²) in [6, 6.07) is 0. The highest BCUT2D eigenvalue weighted by atomic mass is 15.6. The zero-order chi connectivity index (χ0) is 34.2. The summed E-state index contributed by atoms with van der Waals surface area (Å²) in [4.78, 5) is 74.0. The Morgan fingerprint density at radius 1 is 0.735 bits per heavy atom. The first-order valence-corrected chi connectivity index (χ1v) is 13.9. The maximum atomic E-state index is 6.01. The van der Waals surface area contributed by atoms with Crippen molar-refractivity contribution in [2.24, 2.45) is 109 Å². The van der Waals surface area contributed by atoms with Crippen molar-refractivity contribution >= 4 is 95.1 Å². The van der Waals surface area contributed by atoms with E-state index in [0.29, 0.717) is 17.6 Å². The molecule has 0 fully saturated rings. The zero-order valence-corrected chi connectivity index (χ0v) is 25.3. The van der Waals surface area contributed by atoms with Crippen LogP contribution >= 0.6 is 0 Å². The van der Waals surface area contributed by atoms with Gasteiger partial charge in [-0.25, -0.2) is 19.7 Å². The van der Waals surface area contributed by atoms with E-state index in [2.05, 4.69) is 102 Å². The van der Waals surface area contributed by atoms with E-state index in [0.717, 1.165) is 0 Å². The summed E-state index contributed by atoms with van der Waals surface area (Å²) < 4.78 is 0. The second-order valence-electron chi connectivity index (χ2n) is 10.3. The molecule has 0 aliphatic carbocycles. The smallest absolute Gasteiger partial charge is 0.246 e. The van der Waals surface area contributed by atoms with Crippen LogP contribution in [0.25, 0.3) is 0 Å². The van der Waals surface area contributed by atoms with E-state index >= 15 is 0 Å². The van der Waals surface area contributed by atoms with Crippen molar-refractivity contribution in [3.63, 3.8) is 0 Å². The lowest BCUT2D eigenvalue weighted by Crippen LogP contribution is -2.69. The highest BCUT2D eigenvalue weighted by Gasteiger charge is 2.46. The molecule has 1 unspecified atom stereocenters. The summed E-state index contributed by atoms with van der Waals surface area (Å²) in [5, 5.41) is 9.13. The van der Waals surface area contributed by atoms with Crippen LogP contribution in [0, 0.1) is 0 Å². The summed E-state index contributed by atoms with van der Waals surface area (Å²) in [6.07, 6.45) is 0. The summed E-state index contributed by atoms with van der Waals surface area (Å²) in [6.45, 7) is 7.44. The van der Waals surface area contributed by atoms with Crippen LogP contribution in [-0.2, 0) is 0 Å². The number of amidine groups is 2. The van der Waals surface area contributed by atoms with Crippen molar-refractivity contribution in [2.75, 3.05) is 6.54 Å². The Hall–Kier alpha value is -7.58. The van der Waals surface area contributed by atoms with Crippen molar-refractivity contribution < 1.29 is 0 Å². The van der Waals surface area contributed by atoms with Crippen LogP contribution in [0.4, 0.5) is 0 Å². The fraction of sp³-hybridized carbons (Fsp3) is 0.182. The van der Waals surface area contributed by atoms with Gasteiger partial charge < -0.3 is 34.0 Å². The van der Waals surface area contributed by atoms with Gasteiger partial charge in [0, 0.05) is 0 Å². The lowest BCUT2D eigenvalue weighted by atomic mass is 10.2. The molecule has 0 amide bonds. The number of guanidine groups is 14. The van der Waals surface area contributed by atoms with Gasteiger partial charge in [0.15, 0.2) is 5.96 Å². The fourth-order valence-corrected chi connectivity index (χ4v) is 4.99. The van der Waals surface area contributed by atoms with E-state index in [9.17, 15) is 0 Å². The Morgan fingerprint density at radius 2 is 1.35 bits per heavy atom. The molecule has 8 aliphatic rings. The van der Waals surface area contributed by atoms with Gasteiger partial charge in [0.25, 0.3) is 0 Å². The van der Waals surface area contributed by atoms with Gasteiger partial charge in [-0.2, -0.15) is 74.9 Å². The Labute approximate surface area is 273 Å². The average Bonchev–Trinajstić information content (AvgIpc) is 2.98. The molecule has 0 aromatic heterocycles. The standard InChI is InChI=1S/C22H23N27/c1-5-28-20-30-7(4-23)31-21-44-14(46-22(3,45-5)49(20)21)37-13-41-18-35-10(27)34-17-40-12(42-19(43-13)48(17)18)36-11-38-15(32-8(24)25)47-6(2)29-9(26)33-16(47)39-11/h2,4,23H2,1,3H3,(H11,24,25,26,27,28,29,30,31,32,33,34,35,36,37,38,39,40,41,42,43,44,45,46). The van der Waals surface area contributed by atoms with Crippen LogP contribution in [0.2, 0.25) is 0 Å². The van der Waals surface area contributed by atoms with E-state index in [1.54, 1.807) is 18.7 Å². The van der Waals surface area contributed by atoms with Crippen LogP contribution in [0.3, 0.4) is 0 Å². The van der Waals surface area contributed by atoms with Gasteiger partial charge in [0.1, 0.15) is 17.5 Å². The van der Waals surface area contributed by atoms with E-state index in [1.165, 1.54) is 9.80 Å². The molecule has 1 atom stereocenters. The summed E-state index contributed by atoms with van der Waals surface area (Å²) in [5.74, 6) is 0.164. The SMILES string of the molecule is C=C1N=C(N)N=C2N=C(NC3=NC4=NC(N)=NC5=NC(NC6=NC7=NC(CN)=NC8=NC(C)=NC(C)(N6)N87)=NC(=N3)N45)N=C(N=C(N)N)N12. The van der Waals surface area contributed by atoms with Gasteiger partial charge in [-0.15, -0.1) is 0 Å². The number of hydrogen-bond acceptors (Lipinski definition) is 25. The molecular weight excluding hydrogens is 642 g/mol. The molecule has 13 N–H and O–H groups in total. The fourth-order valence-electron chi connectivity index (χ4n) is 4.99. The molecule has 8 heterocycles. The molecule has 0 spiro atoms. The van der Waals surface area contributed by atoms with E-state index < -0.39 is 5.79 Å². The van der Waals surface area contributed by atoms with Gasteiger partial charge >= 0.3 is 0 Å². The molecule has 49 heavy (non-hydrogen) atoms. The molecule has 0 radical (unpaired) electrons. The number of nitrogens with two attached hydrogens (primary N) is 5. The quantitative estimate of drug-likeness (QED) is 0.0964. The second-order valence-corrected chi connectivity index (χ2v) is 10.3. The first kappa shape index (κ1) is 28.9. The monoisotopic (exact) mass is 665 g/mol. The van der Waals surface area contributed by atoms with Crippen molar-refractivity contribution in [3.8, 4) is 0 Å². The third-order valence-electron chi connectivity index (χ3n) is 6.75. The van der Waals surface area contributed by atoms with Gasteiger partial charge in [-0.1, -0.05) is 6.58 Å². The molecular formula is C22H23N27. The van der Waals surface area contributed by atoms with E-state index in [-0.39, 0.29) is 89.8 Å². The first-order chi connectivity index (χ1) is 23.4. The molecule has 0 bridgehead atoms. The molecule has 0 aromatic rings. The number of hydrogen-bond donors (Lipinski definition) is 8. The van der Waals surface area contributed by atoms with Crippen molar-refractivity contribution in [1.29, 1.82) is 0 Å². The molecule has 27 nitrogen and oxygen atoms in total.